The molecule has 0 fully saturated rings. The van der Waals surface area contributed by atoms with E-state index in [0.29, 0.717) is 13.2 Å². The highest BCUT2D eigenvalue weighted by Gasteiger charge is 2.06. The Kier molecular flexibility index (Phi) is 6.63. The maximum atomic E-state index is 5.90. The Morgan fingerprint density at radius 2 is 2.24 bits per heavy atom. The fourth-order valence-electron chi connectivity index (χ4n) is 1.83. The molecule has 21 heavy (non-hydrogen) atoms. The van der Waals surface area contributed by atoms with Crippen LogP contribution in [0.15, 0.2) is 28.1 Å². The Labute approximate surface area is 137 Å². The summed E-state index contributed by atoms with van der Waals surface area (Å²) in [6.45, 7) is 4.75. The number of aryl methyl sites for hydroxylation is 1. The highest BCUT2D eigenvalue weighted by Crippen LogP contribution is 2.24. The first kappa shape index (κ1) is 16.4. The number of thiazole rings is 1. The normalized spacial score (nSPS) is 10.8. The van der Waals surface area contributed by atoms with Crippen molar-refractivity contribution >= 4 is 27.3 Å². The molecule has 0 spiro atoms. The van der Waals surface area contributed by atoms with Gasteiger partial charge in [-0.15, -0.1) is 11.3 Å². The van der Waals surface area contributed by atoms with Crippen LogP contribution >= 0.6 is 27.3 Å². The number of nitrogens with zero attached hydrogens (tertiary/aromatic N) is 1. The van der Waals surface area contributed by atoms with E-state index in [-0.39, 0.29) is 0 Å². The summed E-state index contributed by atoms with van der Waals surface area (Å²) in [4.78, 5) is 4.41. The van der Waals surface area contributed by atoms with Crippen LogP contribution in [0.3, 0.4) is 0 Å². The number of methoxy groups -OCH3 is 1. The number of nitrogens with one attached hydrogen (secondary N) is 1. The SMILES string of the molecule is COCCNCc1cc(Br)ccc1OCc1nc(C)cs1. The van der Waals surface area contributed by atoms with Crippen molar-refractivity contribution in [3.05, 3.63) is 44.3 Å². The monoisotopic (exact) mass is 370 g/mol. The average Bonchev–Trinajstić information content (AvgIpc) is 2.88. The van der Waals surface area contributed by atoms with Gasteiger partial charge in [-0.3, -0.25) is 0 Å². The molecule has 114 valence electrons. The van der Waals surface area contributed by atoms with Gasteiger partial charge in [-0.2, -0.15) is 0 Å². The Hall–Kier alpha value is -0.950. The smallest absolute Gasteiger partial charge is 0.140 e. The van der Waals surface area contributed by atoms with Gasteiger partial charge in [0.15, 0.2) is 0 Å². The first-order valence-electron chi connectivity index (χ1n) is 6.71. The Morgan fingerprint density at radius 1 is 1.38 bits per heavy atom. The Morgan fingerprint density at radius 3 is 2.95 bits per heavy atom. The van der Waals surface area contributed by atoms with Crippen molar-refractivity contribution in [2.24, 2.45) is 0 Å². The van der Waals surface area contributed by atoms with Gasteiger partial charge in [-0.1, -0.05) is 15.9 Å². The second-order valence-electron chi connectivity index (χ2n) is 4.59. The summed E-state index contributed by atoms with van der Waals surface area (Å²) in [6.07, 6.45) is 0. The number of benzene rings is 1. The van der Waals surface area contributed by atoms with Crippen LogP contribution in [0.4, 0.5) is 0 Å². The van der Waals surface area contributed by atoms with Crippen LogP contribution in [0.5, 0.6) is 5.75 Å². The maximum Gasteiger partial charge on any atom is 0.140 e. The minimum Gasteiger partial charge on any atom is -0.486 e. The largest absolute Gasteiger partial charge is 0.486 e. The van der Waals surface area contributed by atoms with Crippen molar-refractivity contribution in [1.82, 2.24) is 10.3 Å². The molecule has 0 amide bonds. The zero-order valence-corrected chi connectivity index (χ0v) is 14.6. The van der Waals surface area contributed by atoms with E-state index in [1.807, 2.05) is 24.4 Å². The van der Waals surface area contributed by atoms with E-state index in [2.05, 4.69) is 32.3 Å². The van der Waals surface area contributed by atoms with Gasteiger partial charge in [0.25, 0.3) is 0 Å². The highest BCUT2D eigenvalue weighted by atomic mass is 79.9. The molecular weight excluding hydrogens is 352 g/mol. The molecule has 1 aromatic carbocycles. The summed E-state index contributed by atoms with van der Waals surface area (Å²) in [6, 6.07) is 6.04. The van der Waals surface area contributed by atoms with Crippen LogP contribution < -0.4 is 10.1 Å². The van der Waals surface area contributed by atoms with Crippen LogP contribution in [0, 0.1) is 6.92 Å². The summed E-state index contributed by atoms with van der Waals surface area (Å²) in [7, 11) is 1.70. The molecule has 4 nitrogen and oxygen atoms in total. The van der Waals surface area contributed by atoms with Gasteiger partial charge >= 0.3 is 0 Å². The number of hydrogen-bond acceptors (Lipinski definition) is 5. The second-order valence-corrected chi connectivity index (χ2v) is 6.45. The van der Waals surface area contributed by atoms with Crippen molar-refractivity contribution in [2.45, 2.75) is 20.1 Å². The average molecular weight is 371 g/mol. The minimum absolute atomic E-state index is 0.505. The third-order valence-corrected chi connectivity index (χ3v) is 4.27. The van der Waals surface area contributed by atoms with Crippen LogP contribution in [0.25, 0.3) is 0 Å². The summed E-state index contributed by atoms with van der Waals surface area (Å²) < 4.78 is 12.0. The van der Waals surface area contributed by atoms with Crippen molar-refractivity contribution in [3.63, 3.8) is 0 Å². The van der Waals surface area contributed by atoms with E-state index in [1.165, 1.54) is 0 Å². The summed E-state index contributed by atoms with van der Waals surface area (Å²) in [5, 5.41) is 6.36. The topological polar surface area (TPSA) is 43.4 Å². The number of hydrogen-bond donors (Lipinski definition) is 1. The lowest BCUT2D eigenvalue weighted by Crippen LogP contribution is -2.19. The predicted octanol–water partition coefficient (Wildman–Crippen LogP) is 3.53. The summed E-state index contributed by atoms with van der Waals surface area (Å²) in [5.41, 5.74) is 2.16. The zero-order chi connectivity index (χ0) is 15.1. The lowest BCUT2D eigenvalue weighted by molar-refractivity contribution is 0.199. The highest BCUT2D eigenvalue weighted by molar-refractivity contribution is 9.10. The third kappa shape index (κ3) is 5.39. The molecule has 1 heterocycles. The van der Waals surface area contributed by atoms with Crippen molar-refractivity contribution in [1.29, 1.82) is 0 Å². The number of halogens is 1. The van der Waals surface area contributed by atoms with E-state index < -0.39 is 0 Å². The molecule has 1 N–H and O–H groups in total. The molecule has 0 aliphatic rings. The quantitative estimate of drug-likeness (QED) is 0.721. The molecule has 0 aliphatic heterocycles. The molecule has 0 unspecified atom stereocenters. The van der Waals surface area contributed by atoms with Gasteiger partial charge < -0.3 is 14.8 Å². The van der Waals surface area contributed by atoms with Gasteiger partial charge in [-0.05, 0) is 25.1 Å². The molecule has 1 aromatic heterocycles. The lowest BCUT2D eigenvalue weighted by atomic mass is 10.2. The maximum absolute atomic E-state index is 5.90. The molecule has 0 atom stereocenters. The first-order chi connectivity index (χ1) is 10.2. The van der Waals surface area contributed by atoms with Gasteiger partial charge in [-0.25, -0.2) is 4.98 Å². The zero-order valence-electron chi connectivity index (χ0n) is 12.2. The minimum atomic E-state index is 0.505. The van der Waals surface area contributed by atoms with Crippen LogP contribution in [-0.4, -0.2) is 25.2 Å². The van der Waals surface area contributed by atoms with Crippen molar-refractivity contribution in [2.75, 3.05) is 20.3 Å². The predicted molar refractivity (Wildman–Crippen MR) is 88.9 cm³/mol. The third-order valence-electron chi connectivity index (χ3n) is 2.84. The van der Waals surface area contributed by atoms with Crippen LogP contribution in [-0.2, 0) is 17.9 Å². The summed E-state index contributed by atoms with van der Waals surface area (Å²) in [5.74, 6) is 0.885. The first-order valence-corrected chi connectivity index (χ1v) is 8.38. The van der Waals surface area contributed by atoms with E-state index in [1.54, 1.807) is 18.4 Å². The Balaban J connectivity index is 1.97. The molecular formula is C15H19BrN2O2S. The van der Waals surface area contributed by atoms with E-state index >= 15 is 0 Å². The number of aromatic nitrogens is 1. The van der Waals surface area contributed by atoms with Crippen LogP contribution in [0.1, 0.15) is 16.3 Å². The molecule has 2 aromatic rings. The van der Waals surface area contributed by atoms with Gasteiger partial charge in [0.2, 0.25) is 0 Å². The second kappa shape index (κ2) is 8.48. The standard InChI is InChI=1S/C15H19BrN2O2S/c1-11-10-21-15(18-11)9-20-14-4-3-13(16)7-12(14)8-17-5-6-19-2/h3-4,7,10,17H,5-6,8-9H2,1-2H3. The molecule has 0 bridgehead atoms. The van der Waals surface area contributed by atoms with Gasteiger partial charge in [0.1, 0.15) is 17.4 Å². The molecule has 6 heteroatoms. The van der Waals surface area contributed by atoms with Crippen molar-refractivity contribution in [3.8, 4) is 5.75 Å². The molecule has 2 rings (SSSR count). The summed E-state index contributed by atoms with van der Waals surface area (Å²) >= 11 is 5.12. The molecule has 0 aliphatic carbocycles. The van der Waals surface area contributed by atoms with Crippen molar-refractivity contribution < 1.29 is 9.47 Å². The fourth-order valence-corrected chi connectivity index (χ4v) is 2.92. The number of ether oxygens (including phenoxy) is 2. The van der Waals surface area contributed by atoms with Gasteiger partial charge in [0, 0.05) is 41.3 Å². The molecule has 0 radical (unpaired) electrons. The lowest BCUT2D eigenvalue weighted by Gasteiger charge is -2.12. The number of rotatable bonds is 8. The van der Waals surface area contributed by atoms with Crippen LogP contribution in [0.2, 0.25) is 0 Å². The fraction of sp³-hybridized carbons (Fsp3) is 0.400. The Bertz CT molecular complexity index is 575. The van der Waals surface area contributed by atoms with Gasteiger partial charge in [0.05, 0.1) is 6.61 Å². The molecule has 0 saturated heterocycles. The van der Waals surface area contributed by atoms with E-state index in [9.17, 15) is 0 Å². The molecule has 0 saturated carbocycles. The van der Waals surface area contributed by atoms with E-state index in [4.69, 9.17) is 9.47 Å². The van der Waals surface area contributed by atoms with E-state index in [0.717, 1.165) is 39.6 Å².